The molecule has 0 fully saturated rings. The fourth-order valence-electron chi connectivity index (χ4n) is 7.46. The van der Waals surface area contributed by atoms with E-state index in [0.29, 0.717) is 39.1 Å². The fraction of sp³-hybridized carbons (Fsp3) is 0.264. The van der Waals surface area contributed by atoms with E-state index in [2.05, 4.69) is 25.6 Å². The SMILES string of the molecule is CN=Cc1cncc(COc2cc(OCc3cccc(-c4cccc(COc5cc(OCc6cncc(C)c6)c(CN[C@@H](CC#N)C(=O)O)cc5Cl)c4C)c3C)c(Cl)cc2CN[C@@H](CC#N)C(=O)O)c1. The number of aliphatic imine (C=N–C) groups is 1. The molecule has 0 aliphatic heterocycles. The molecule has 15 nitrogen and oxygen atoms in total. The molecule has 4 N–H and O–H groups in total. The van der Waals surface area contributed by atoms with Crippen molar-refractivity contribution in [3.05, 3.63) is 163 Å². The van der Waals surface area contributed by atoms with Gasteiger partial charge in [-0.05, 0) is 84.0 Å². The summed E-state index contributed by atoms with van der Waals surface area (Å²) in [5.41, 5.74) is 10.3. The first kappa shape index (κ1) is 51.9. The maximum Gasteiger partial charge on any atom is 0.321 e. The van der Waals surface area contributed by atoms with Crippen LogP contribution in [0, 0.1) is 43.4 Å². The zero-order valence-electron chi connectivity index (χ0n) is 39.0. The van der Waals surface area contributed by atoms with Crippen LogP contribution in [0.15, 0.2) is 103 Å². The number of nitrogens with zero attached hydrogens (tertiary/aromatic N) is 5. The van der Waals surface area contributed by atoms with E-state index in [1.165, 1.54) is 0 Å². The minimum atomic E-state index is -1.15. The number of halogens is 2. The predicted octanol–water partition coefficient (Wildman–Crippen LogP) is 9.65. The molecule has 0 saturated carbocycles. The minimum absolute atomic E-state index is 0.0555. The summed E-state index contributed by atoms with van der Waals surface area (Å²) in [5.74, 6) is -0.749. The molecule has 0 amide bonds. The normalized spacial score (nSPS) is 11.9. The van der Waals surface area contributed by atoms with Gasteiger partial charge in [-0.1, -0.05) is 59.6 Å². The second-order valence-corrected chi connectivity index (χ2v) is 17.1. The summed E-state index contributed by atoms with van der Waals surface area (Å²) in [7, 11) is 1.67. The number of carbonyl (C=O) groups is 2. The molecule has 0 spiro atoms. The van der Waals surface area contributed by atoms with Gasteiger partial charge < -0.3 is 29.2 Å². The highest BCUT2D eigenvalue weighted by atomic mass is 35.5. The molecule has 360 valence electrons. The van der Waals surface area contributed by atoms with Gasteiger partial charge in [0.15, 0.2) is 0 Å². The lowest BCUT2D eigenvalue weighted by molar-refractivity contribution is -0.140. The number of nitrogens with one attached hydrogen (secondary N) is 2. The van der Waals surface area contributed by atoms with Crippen LogP contribution in [0.2, 0.25) is 10.0 Å². The third-order valence-corrected chi connectivity index (χ3v) is 11.8. The number of aliphatic carboxylic acids is 2. The van der Waals surface area contributed by atoms with Crippen molar-refractivity contribution in [2.75, 3.05) is 7.05 Å². The maximum atomic E-state index is 11.8. The van der Waals surface area contributed by atoms with Crippen LogP contribution in [0.3, 0.4) is 0 Å². The highest BCUT2D eigenvalue weighted by Crippen LogP contribution is 2.37. The zero-order valence-corrected chi connectivity index (χ0v) is 40.5. The first-order valence-corrected chi connectivity index (χ1v) is 22.8. The summed E-state index contributed by atoms with van der Waals surface area (Å²) >= 11 is 13.6. The lowest BCUT2D eigenvalue weighted by Gasteiger charge is -2.19. The Balaban J connectivity index is 1.21. The van der Waals surface area contributed by atoms with Crippen LogP contribution in [0.5, 0.6) is 23.0 Å². The summed E-state index contributed by atoms with van der Waals surface area (Å²) in [6.07, 6.45) is 8.06. The van der Waals surface area contributed by atoms with Crippen molar-refractivity contribution >= 4 is 41.4 Å². The van der Waals surface area contributed by atoms with E-state index in [9.17, 15) is 25.1 Å². The molecule has 4 aromatic carbocycles. The van der Waals surface area contributed by atoms with Crippen molar-refractivity contribution in [3.63, 3.8) is 0 Å². The van der Waals surface area contributed by atoms with Crippen molar-refractivity contribution in [3.8, 4) is 46.3 Å². The van der Waals surface area contributed by atoms with E-state index in [-0.39, 0.29) is 57.4 Å². The standard InChI is InChI=1S/C53H51Cl2N7O8/c1-32-15-36(24-59-21-32)28-67-48-19-50(44(54)17-40(48)26-61-46(11-13-56)52(63)64)69-30-38-7-5-9-42(33(38)2)43-10-6-8-39(34(43)3)31-70-51-20-49(68-29-37-16-35(22-58-4)23-60-25-37)41(18-45(51)55)27-62-47(12-14-57)53(65)66/h5-10,15-25,46-47,61-62H,11-12,26-31H2,1-4H3,(H,63,64)(H,65,66)/t46-,47-/m0/s1. The van der Waals surface area contributed by atoms with Gasteiger partial charge in [-0.25, -0.2) is 0 Å². The van der Waals surface area contributed by atoms with Gasteiger partial charge in [0, 0.05) is 91.1 Å². The Kier molecular flexibility index (Phi) is 18.7. The van der Waals surface area contributed by atoms with Gasteiger partial charge in [0.25, 0.3) is 0 Å². The molecule has 2 aromatic heterocycles. The van der Waals surface area contributed by atoms with Crippen molar-refractivity contribution < 1.29 is 38.7 Å². The first-order valence-electron chi connectivity index (χ1n) is 22.0. The van der Waals surface area contributed by atoms with Crippen LogP contribution < -0.4 is 29.6 Å². The third kappa shape index (κ3) is 14.0. The van der Waals surface area contributed by atoms with E-state index >= 15 is 0 Å². The summed E-state index contributed by atoms with van der Waals surface area (Å²) in [5, 5.41) is 44.0. The molecule has 6 aromatic rings. The average molecular weight is 985 g/mol. The molecule has 0 aliphatic rings. The minimum Gasteiger partial charge on any atom is -0.488 e. The molecule has 0 radical (unpaired) electrons. The zero-order chi connectivity index (χ0) is 50.2. The van der Waals surface area contributed by atoms with Crippen LogP contribution in [-0.4, -0.2) is 57.5 Å². The Hall–Kier alpha value is -7.53. The van der Waals surface area contributed by atoms with Gasteiger partial charge in [0.05, 0.1) is 35.0 Å². The topological polar surface area (TPSA) is 221 Å². The molecule has 0 unspecified atom stereocenters. The highest BCUT2D eigenvalue weighted by Gasteiger charge is 2.21. The molecule has 17 heteroatoms. The van der Waals surface area contributed by atoms with Crippen LogP contribution >= 0.6 is 23.2 Å². The number of ether oxygens (including phenoxy) is 4. The average Bonchev–Trinajstić information content (AvgIpc) is 3.33. The summed E-state index contributed by atoms with van der Waals surface area (Å²) in [4.78, 5) is 36.2. The second-order valence-electron chi connectivity index (χ2n) is 16.3. The number of aryl methyl sites for hydroxylation is 1. The lowest BCUT2D eigenvalue weighted by Crippen LogP contribution is -2.35. The van der Waals surface area contributed by atoms with Crippen molar-refractivity contribution in [1.29, 1.82) is 10.5 Å². The van der Waals surface area contributed by atoms with E-state index in [0.717, 1.165) is 55.6 Å². The number of aromatic nitrogens is 2. The van der Waals surface area contributed by atoms with E-state index in [1.54, 1.807) is 62.3 Å². The Morgan fingerprint density at radius 2 is 1.10 bits per heavy atom. The molecule has 0 bridgehead atoms. The number of rotatable bonds is 24. The Bertz CT molecular complexity index is 2950. The highest BCUT2D eigenvalue weighted by molar-refractivity contribution is 6.32. The molecule has 6 rings (SSSR count). The van der Waals surface area contributed by atoms with Crippen molar-refractivity contribution in [2.24, 2.45) is 4.99 Å². The maximum absolute atomic E-state index is 11.8. The Morgan fingerprint density at radius 3 is 1.54 bits per heavy atom. The predicted molar refractivity (Wildman–Crippen MR) is 265 cm³/mol. The fourth-order valence-corrected chi connectivity index (χ4v) is 7.94. The van der Waals surface area contributed by atoms with E-state index in [1.807, 2.05) is 81.4 Å². The van der Waals surface area contributed by atoms with Crippen molar-refractivity contribution in [2.45, 2.75) is 85.2 Å². The molecule has 70 heavy (non-hydrogen) atoms. The Morgan fingerprint density at radius 1 is 0.643 bits per heavy atom. The van der Waals surface area contributed by atoms with E-state index < -0.39 is 24.0 Å². The van der Waals surface area contributed by atoms with Gasteiger partial charge in [-0.2, -0.15) is 10.5 Å². The monoisotopic (exact) mass is 983 g/mol. The third-order valence-electron chi connectivity index (χ3n) is 11.3. The number of carboxylic acid groups (broad SMARTS) is 2. The number of benzene rings is 4. The number of pyridine rings is 2. The Labute approximate surface area is 416 Å². The van der Waals surface area contributed by atoms with Crippen molar-refractivity contribution in [1.82, 2.24) is 20.6 Å². The van der Waals surface area contributed by atoms with Crippen LogP contribution in [0.25, 0.3) is 11.1 Å². The lowest BCUT2D eigenvalue weighted by atomic mass is 9.92. The number of carboxylic acids is 2. The number of hydrogen-bond donors (Lipinski definition) is 4. The first-order chi connectivity index (χ1) is 33.8. The molecule has 2 atom stereocenters. The van der Waals surface area contributed by atoms with Crippen LogP contribution in [0.1, 0.15) is 68.5 Å². The molecule has 0 saturated heterocycles. The number of nitriles is 2. The molecule has 0 aliphatic carbocycles. The smallest absolute Gasteiger partial charge is 0.321 e. The molecular formula is C53H51Cl2N7O8. The van der Waals surface area contributed by atoms with Gasteiger partial charge in [0.2, 0.25) is 0 Å². The summed E-state index contributed by atoms with van der Waals surface area (Å²) < 4.78 is 25.3. The molecular weight excluding hydrogens is 934 g/mol. The van der Waals surface area contributed by atoms with Gasteiger partial charge in [-0.15, -0.1) is 0 Å². The number of hydrogen-bond acceptors (Lipinski definition) is 13. The van der Waals surface area contributed by atoms with Gasteiger partial charge in [0.1, 0.15) is 61.5 Å². The second kappa shape index (κ2) is 25.2. The molecule has 2 heterocycles. The quantitative estimate of drug-likeness (QED) is 0.0415. The van der Waals surface area contributed by atoms with Crippen LogP contribution in [-0.2, 0) is 49.1 Å². The van der Waals surface area contributed by atoms with Crippen LogP contribution in [0.4, 0.5) is 0 Å². The largest absolute Gasteiger partial charge is 0.488 e. The summed E-state index contributed by atoms with van der Waals surface area (Å²) in [6.45, 7) is 6.76. The van der Waals surface area contributed by atoms with Gasteiger partial charge >= 0.3 is 11.9 Å². The van der Waals surface area contributed by atoms with Gasteiger partial charge in [-0.3, -0.25) is 35.2 Å². The van der Waals surface area contributed by atoms with E-state index in [4.69, 9.17) is 47.4 Å². The summed E-state index contributed by atoms with van der Waals surface area (Å²) in [6, 6.07) is 24.1.